The number of carbonyl (C=O) groups is 1. The molecular formula is C20H27NO3. The fourth-order valence-electron chi connectivity index (χ4n) is 2.81. The van der Waals surface area contributed by atoms with Gasteiger partial charge in [0, 0.05) is 29.1 Å². The van der Waals surface area contributed by atoms with Crippen molar-refractivity contribution in [2.24, 2.45) is 5.92 Å². The first-order chi connectivity index (χ1) is 11.4. The Hall–Kier alpha value is -2.07. The molecule has 4 nitrogen and oxygen atoms in total. The molecule has 24 heavy (non-hydrogen) atoms. The SMILES string of the molecule is Cc1cc(C(=O)COc2ccccc2CO)c(C)n1CCC(C)C. The molecule has 0 aliphatic rings. The van der Waals surface area contributed by atoms with Gasteiger partial charge in [0.1, 0.15) is 5.75 Å². The standard InChI is InChI=1S/C20H27NO3/c1-14(2)9-10-21-15(3)11-18(16(21)4)19(23)13-24-20-8-6-5-7-17(20)12-22/h5-8,11,14,22H,9-10,12-13H2,1-4H3. The number of benzene rings is 1. The number of hydrogen-bond donors (Lipinski definition) is 1. The highest BCUT2D eigenvalue weighted by Gasteiger charge is 2.16. The summed E-state index contributed by atoms with van der Waals surface area (Å²) in [5.41, 5.74) is 3.51. The Labute approximate surface area is 144 Å². The molecule has 4 heteroatoms. The van der Waals surface area contributed by atoms with E-state index in [1.165, 1.54) is 0 Å². The average Bonchev–Trinajstić information content (AvgIpc) is 2.85. The zero-order valence-corrected chi connectivity index (χ0v) is 15.0. The molecule has 0 aliphatic carbocycles. The minimum Gasteiger partial charge on any atom is -0.485 e. The maximum absolute atomic E-state index is 12.5. The van der Waals surface area contributed by atoms with Crippen molar-refractivity contribution in [2.45, 2.75) is 47.3 Å². The lowest BCUT2D eigenvalue weighted by molar-refractivity contribution is 0.0918. The van der Waals surface area contributed by atoms with Crippen molar-refractivity contribution < 1.29 is 14.6 Å². The van der Waals surface area contributed by atoms with Gasteiger partial charge in [-0.05, 0) is 38.3 Å². The minimum atomic E-state index is -0.103. The highest BCUT2D eigenvalue weighted by atomic mass is 16.5. The number of aliphatic hydroxyl groups is 1. The van der Waals surface area contributed by atoms with Crippen molar-refractivity contribution in [3.05, 3.63) is 52.8 Å². The van der Waals surface area contributed by atoms with Crippen LogP contribution in [0.4, 0.5) is 0 Å². The van der Waals surface area contributed by atoms with Crippen LogP contribution in [0.25, 0.3) is 0 Å². The molecule has 0 amide bonds. The quantitative estimate of drug-likeness (QED) is 0.747. The van der Waals surface area contributed by atoms with E-state index in [1.54, 1.807) is 12.1 Å². The Morgan fingerprint density at radius 1 is 1.25 bits per heavy atom. The van der Waals surface area contributed by atoms with Gasteiger partial charge in [-0.1, -0.05) is 32.0 Å². The maximum atomic E-state index is 12.5. The number of nitrogens with zero attached hydrogens (tertiary/aromatic N) is 1. The molecule has 1 heterocycles. The van der Waals surface area contributed by atoms with Crippen LogP contribution in [0.3, 0.4) is 0 Å². The zero-order valence-electron chi connectivity index (χ0n) is 15.0. The number of ketones is 1. The predicted octanol–water partition coefficient (Wildman–Crippen LogP) is 3.91. The van der Waals surface area contributed by atoms with Crippen LogP contribution >= 0.6 is 0 Å². The summed E-state index contributed by atoms with van der Waals surface area (Å²) in [4.78, 5) is 12.5. The third kappa shape index (κ3) is 4.26. The van der Waals surface area contributed by atoms with Gasteiger partial charge in [-0.25, -0.2) is 0 Å². The minimum absolute atomic E-state index is 0.0223. The highest BCUT2D eigenvalue weighted by molar-refractivity contribution is 5.98. The topological polar surface area (TPSA) is 51.5 Å². The molecule has 0 saturated heterocycles. The molecule has 0 fully saturated rings. The van der Waals surface area contributed by atoms with Crippen molar-refractivity contribution in [1.29, 1.82) is 0 Å². The van der Waals surface area contributed by atoms with Crippen LogP contribution in [-0.4, -0.2) is 22.1 Å². The number of aliphatic hydroxyl groups excluding tert-OH is 1. The largest absolute Gasteiger partial charge is 0.485 e. The summed E-state index contributed by atoms with van der Waals surface area (Å²) < 4.78 is 7.83. The van der Waals surface area contributed by atoms with Crippen LogP contribution in [-0.2, 0) is 13.2 Å². The Bertz CT molecular complexity index is 701. The van der Waals surface area contributed by atoms with Crippen molar-refractivity contribution in [3.8, 4) is 5.75 Å². The number of aryl methyl sites for hydroxylation is 1. The summed E-state index contributed by atoms with van der Waals surface area (Å²) in [6, 6.07) is 9.17. The zero-order chi connectivity index (χ0) is 17.7. The molecule has 1 aromatic carbocycles. The van der Waals surface area contributed by atoms with E-state index in [1.807, 2.05) is 32.0 Å². The van der Waals surface area contributed by atoms with Crippen LogP contribution in [0, 0.1) is 19.8 Å². The van der Waals surface area contributed by atoms with Crippen LogP contribution < -0.4 is 4.74 Å². The number of hydrogen-bond acceptors (Lipinski definition) is 3. The Morgan fingerprint density at radius 3 is 2.62 bits per heavy atom. The molecule has 1 N–H and O–H groups in total. The van der Waals surface area contributed by atoms with Crippen molar-refractivity contribution in [3.63, 3.8) is 0 Å². The van der Waals surface area contributed by atoms with Gasteiger partial charge in [0.15, 0.2) is 6.61 Å². The lowest BCUT2D eigenvalue weighted by Gasteiger charge is -2.12. The number of para-hydroxylation sites is 1. The fourth-order valence-corrected chi connectivity index (χ4v) is 2.81. The second-order valence-electron chi connectivity index (χ2n) is 6.60. The third-order valence-corrected chi connectivity index (χ3v) is 4.31. The van der Waals surface area contributed by atoms with Gasteiger partial charge in [-0.15, -0.1) is 0 Å². The summed E-state index contributed by atoms with van der Waals surface area (Å²) in [7, 11) is 0. The normalized spacial score (nSPS) is 11.1. The van der Waals surface area contributed by atoms with Crippen LogP contribution in [0.5, 0.6) is 5.75 Å². The van der Waals surface area contributed by atoms with Gasteiger partial charge in [0.2, 0.25) is 5.78 Å². The predicted molar refractivity (Wildman–Crippen MR) is 95.6 cm³/mol. The van der Waals surface area contributed by atoms with Crippen molar-refractivity contribution >= 4 is 5.78 Å². The second kappa shape index (κ2) is 8.15. The van der Waals surface area contributed by atoms with E-state index in [2.05, 4.69) is 18.4 Å². The molecule has 130 valence electrons. The van der Waals surface area contributed by atoms with Gasteiger partial charge in [-0.3, -0.25) is 4.79 Å². The number of aromatic nitrogens is 1. The van der Waals surface area contributed by atoms with Crippen LogP contribution in [0.2, 0.25) is 0 Å². The maximum Gasteiger partial charge on any atom is 0.202 e. The van der Waals surface area contributed by atoms with Crippen molar-refractivity contribution in [2.75, 3.05) is 6.61 Å². The molecular weight excluding hydrogens is 302 g/mol. The van der Waals surface area contributed by atoms with E-state index in [0.717, 1.165) is 29.9 Å². The smallest absolute Gasteiger partial charge is 0.202 e. The van der Waals surface area contributed by atoms with E-state index in [-0.39, 0.29) is 19.0 Å². The van der Waals surface area contributed by atoms with E-state index in [9.17, 15) is 9.90 Å². The van der Waals surface area contributed by atoms with Crippen LogP contribution in [0.15, 0.2) is 30.3 Å². The fraction of sp³-hybridized carbons (Fsp3) is 0.450. The third-order valence-electron chi connectivity index (χ3n) is 4.31. The first-order valence-corrected chi connectivity index (χ1v) is 8.45. The average molecular weight is 329 g/mol. The van der Waals surface area contributed by atoms with Crippen molar-refractivity contribution in [1.82, 2.24) is 4.57 Å². The monoisotopic (exact) mass is 329 g/mol. The number of rotatable bonds is 8. The first kappa shape index (κ1) is 18.3. The summed E-state index contributed by atoms with van der Waals surface area (Å²) in [5, 5.41) is 9.32. The van der Waals surface area contributed by atoms with Crippen LogP contribution in [0.1, 0.15) is 47.6 Å². The Morgan fingerprint density at radius 2 is 1.96 bits per heavy atom. The molecule has 2 aromatic rings. The molecule has 0 bridgehead atoms. The van der Waals surface area contributed by atoms with E-state index < -0.39 is 0 Å². The number of ether oxygens (including phenoxy) is 1. The molecule has 1 aromatic heterocycles. The molecule has 0 aliphatic heterocycles. The lowest BCUT2D eigenvalue weighted by Crippen LogP contribution is -2.14. The second-order valence-corrected chi connectivity index (χ2v) is 6.60. The summed E-state index contributed by atoms with van der Waals surface area (Å²) >= 11 is 0. The summed E-state index contributed by atoms with van der Waals surface area (Å²) in [5.74, 6) is 1.15. The summed E-state index contributed by atoms with van der Waals surface area (Å²) in [6.07, 6.45) is 1.09. The van der Waals surface area contributed by atoms with Gasteiger partial charge < -0.3 is 14.4 Å². The highest BCUT2D eigenvalue weighted by Crippen LogP contribution is 2.20. The Kier molecular flexibility index (Phi) is 6.21. The van der Waals surface area contributed by atoms with Gasteiger partial charge >= 0.3 is 0 Å². The molecule has 2 rings (SSSR count). The lowest BCUT2D eigenvalue weighted by atomic mass is 10.1. The van der Waals surface area contributed by atoms with Gasteiger partial charge in [0.25, 0.3) is 0 Å². The first-order valence-electron chi connectivity index (χ1n) is 8.45. The summed E-state index contributed by atoms with van der Waals surface area (Å²) in [6.45, 7) is 9.23. The molecule has 0 unspecified atom stereocenters. The van der Waals surface area contributed by atoms with E-state index >= 15 is 0 Å². The number of carbonyl (C=O) groups excluding carboxylic acids is 1. The van der Waals surface area contributed by atoms with Gasteiger partial charge in [-0.2, -0.15) is 0 Å². The van der Waals surface area contributed by atoms with Gasteiger partial charge in [0.05, 0.1) is 6.61 Å². The van der Waals surface area contributed by atoms with E-state index in [0.29, 0.717) is 17.2 Å². The Balaban J connectivity index is 2.08. The molecule has 0 atom stereocenters. The molecule has 0 saturated carbocycles. The molecule has 0 spiro atoms. The molecule has 0 radical (unpaired) electrons. The van der Waals surface area contributed by atoms with E-state index in [4.69, 9.17) is 4.74 Å². The number of Topliss-reactive ketones (excluding diaryl/α,β-unsaturated/α-hetero) is 1.